The van der Waals surface area contributed by atoms with E-state index in [1.807, 2.05) is 0 Å². The highest BCUT2D eigenvalue weighted by atomic mass is 16.3. The van der Waals surface area contributed by atoms with Crippen LogP contribution in [0.15, 0.2) is 24.3 Å². The van der Waals surface area contributed by atoms with E-state index in [2.05, 4.69) is 57.3 Å². The lowest BCUT2D eigenvalue weighted by Crippen LogP contribution is -2.43. The second-order valence-electron chi connectivity index (χ2n) is 7.22. The fourth-order valence-corrected chi connectivity index (χ4v) is 2.99. The third-order valence-corrected chi connectivity index (χ3v) is 4.47. The van der Waals surface area contributed by atoms with Crippen molar-refractivity contribution in [1.29, 1.82) is 0 Å². The summed E-state index contributed by atoms with van der Waals surface area (Å²) in [7, 11) is 0. The summed E-state index contributed by atoms with van der Waals surface area (Å²) in [5, 5.41) is 13.6. The van der Waals surface area contributed by atoms with Crippen LogP contribution in [-0.4, -0.2) is 17.3 Å². The van der Waals surface area contributed by atoms with Crippen molar-refractivity contribution in [1.82, 2.24) is 5.32 Å². The van der Waals surface area contributed by atoms with E-state index in [-0.39, 0.29) is 17.6 Å². The molecule has 1 saturated carbocycles. The maximum atomic E-state index is 10.1. The van der Waals surface area contributed by atoms with Gasteiger partial charge in [0.25, 0.3) is 0 Å². The van der Waals surface area contributed by atoms with Crippen molar-refractivity contribution in [3.63, 3.8) is 0 Å². The average Bonchev–Trinajstić information content (AvgIpc) is 2.40. The zero-order valence-corrected chi connectivity index (χ0v) is 13.3. The van der Waals surface area contributed by atoms with Gasteiger partial charge in [0, 0.05) is 12.1 Å². The first kappa shape index (κ1) is 15.5. The van der Waals surface area contributed by atoms with E-state index in [0.717, 1.165) is 19.3 Å². The quantitative estimate of drug-likeness (QED) is 0.876. The van der Waals surface area contributed by atoms with Crippen molar-refractivity contribution in [2.45, 2.75) is 77.0 Å². The average molecular weight is 275 g/mol. The zero-order chi connectivity index (χ0) is 14.8. The Morgan fingerprint density at radius 3 is 2.25 bits per heavy atom. The summed E-state index contributed by atoms with van der Waals surface area (Å²) in [6.45, 7) is 8.90. The number of hydrogen-bond donors (Lipinski definition) is 2. The molecule has 1 fully saturated rings. The SMILES string of the molecule is CC(NC1CCCCC1O)c1ccc(C(C)(C)C)cc1. The van der Waals surface area contributed by atoms with Crippen LogP contribution in [0.5, 0.6) is 0 Å². The molecule has 1 aliphatic carbocycles. The van der Waals surface area contributed by atoms with E-state index < -0.39 is 0 Å². The second kappa shape index (κ2) is 6.28. The zero-order valence-electron chi connectivity index (χ0n) is 13.3. The Labute approximate surface area is 123 Å². The summed E-state index contributed by atoms with van der Waals surface area (Å²) in [4.78, 5) is 0. The highest BCUT2D eigenvalue weighted by Crippen LogP contribution is 2.25. The van der Waals surface area contributed by atoms with Crippen molar-refractivity contribution in [3.05, 3.63) is 35.4 Å². The molecule has 20 heavy (non-hydrogen) atoms. The van der Waals surface area contributed by atoms with Gasteiger partial charge in [-0.15, -0.1) is 0 Å². The molecular formula is C18H29NO. The van der Waals surface area contributed by atoms with Gasteiger partial charge in [-0.3, -0.25) is 0 Å². The first-order valence-corrected chi connectivity index (χ1v) is 7.92. The van der Waals surface area contributed by atoms with Crippen LogP contribution in [0.2, 0.25) is 0 Å². The Balaban J connectivity index is 2.00. The number of aliphatic hydroxyl groups is 1. The standard InChI is InChI=1S/C18H29NO/c1-13(19-16-7-5-6-8-17(16)20)14-9-11-15(12-10-14)18(2,3)4/h9-13,16-17,19-20H,5-8H2,1-4H3. The molecule has 0 heterocycles. The highest BCUT2D eigenvalue weighted by molar-refractivity contribution is 5.29. The summed E-state index contributed by atoms with van der Waals surface area (Å²) in [6, 6.07) is 9.43. The van der Waals surface area contributed by atoms with Gasteiger partial charge < -0.3 is 10.4 Å². The molecular weight excluding hydrogens is 246 g/mol. The van der Waals surface area contributed by atoms with Crippen molar-refractivity contribution >= 4 is 0 Å². The van der Waals surface area contributed by atoms with E-state index in [4.69, 9.17) is 0 Å². The molecule has 1 aromatic carbocycles. The summed E-state index contributed by atoms with van der Waals surface area (Å²) in [5.41, 5.74) is 2.87. The predicted molar refractivity (Wildman–Crippen MR) is 85.0 cm³/mol. The Morgan fingerprint density at radius 2 is 1.70 bits per heavy atom. The number of hydrogen-bond acceptors (Lipinski definition) is 2. The molecule has 0 saturated heterocycles. The minimum atomic E-state index is -0.181. The van der Waals surface area contributed by atoms with Crippen molar-refractivity contribution in [3.8, 4) is 0 Å². The number of aliphatic hydroxyl groups excluding tert-OH is 1. The molecule has 2 nitrogen and oxygen atoms in total. The van der Waals surface area contributed by atoms with Crippen LogP contribution >= 0.6 is 0 Å². The molecule has 3 atom stereocenters. The summed E-state index contributed by atoms with van der Waals surface area (Å²) in [5.74, 6) is 0. The first-order chi connectivity index (χ1) is 9.38. The van der Waals surface area contributed by atoms with Gasteiger partial charge in [-0.2, -0.15) is 0 Å². The molecule has 3 unspecified atom stereocenters. The van der Waals surface area contributed by atoms with Gasteiger partial charge >= 0.3 is 0 Å². The van der Waals surface area contributed by atoms with E-state index >= 15 is 0 Å². The van der Waals surface area contributed by atoms with E-state index in [0.29, 0.717) is 6.04 Å². The largest absolute Gasteiger partial charge is 0.392 e. The monoisotopic (exact) mass is 275 g/mol. The smallest absolute Gasteiger partial charge is 0.0693 e. The molecule has 1 aliphatic rings. The number of rotatable bonds is 3. The fraction of sp³-hybridized carbons (Fsp3) is 0.667. The Kier molecular flexibility index (Phi) is 4.87. The van der Waals surface area contributed by atoms with Gasteiger partial charge in [-0.1, -0.05) is 57.9 Å². The molecule has 2 N–H and O–H groups in total. The molecule has 2 heteroatoms. The topological polar surface area (TPSA) is 32.3 Å². The van der Waals surface area contributed by atoms with Crippen LogP contribution in [0, 0.1) is 0 Å². The Hall–Kier alpha value is -0.860. The van der Waals surface area contributed by atoms with E-state index in [1.165, 1.54) is 17.5 Å². The molecule has 0 amide bonds. The number of nitrogens with one attached hydrogen (secondary N) is 1. The second-order valence-corrected chi connectivity index (χ2v) is 7.22. The van der Waals surface area contributed by atoms with Crippen LogP contribution in [0.3, 0.4) is 0 Å². The van der Waals surface area contributed by atoms with Crippen molar-refractivity contribution < 1.29 is 5.11 Å². The van der Waals surface area contributed by atoms with Crippen LogP contribution in [-0.2, 0) is 5.41 Å². The molecule has 1 aromatic rings. The minimum absolute atomic E-state index is 0.181. The Bertz CT molecular complexity index is 418. The number of benzene rings is 1. The molecule has 112 valence electrons. The first-order valence-electron chi connectivity index (χ1n) is 7.92. The summed E-state index contributed by atoms with van der Waals surface area (Å²) in [6.07, 6.45) is 4.23. The van der Waals surface area contributed by atoms with Crippen LogP contribution < -0.4 is 5.32 Å². The van der Waals surface area contributed by atoms with E-state index in [1.54, 1.807) is 0 Å². The molecule has 0 bridgehead atoms. The van der Waals surface area contributed by atoms with Gasteiger partial charge in [-0.25, -0.2) is 0 Å². The normalized spacial score (nSPS) is 25.4. The lowest BCUT2D eigenvalue weighted by Gasteiger charge is -2.31. The molecule has 0 aromatic heterocycles. The van der Waals surface area contributed by atoms with Crippen molar-refractivity contribution in [2.24, 2.45) is 0 Å². The Morgan fingerprint density at radius 1 is 1.10 bits per heavy atom. The predicted octanol–water partition coefficient (Wildman–Crippen LogP) is 3.94. The third kappa shape index (κ3) is 3.83. The highest BCUT2D eigenvalue weighted by Gasteiger charge is 2.24. The van der Waals surface area contributed by atoms with Gasteiger partial charge in [-0.05, 0) is 36.3 Å². The maximum absolute atomic E-state index is 10.1. The summed E-state index contributed by atoms with van der Waals surface area (Å²) >= 11 is 0. The fourth-order valence-electron chi connectivity index (χ4n) is 2.99. The van der Waals surface area contributed by atoms with Crippen molar-refractivity contribution in [2.75, 3.05) is 0 Å². The molecule has 0 radical (unpaired) electrons. The van der Waals surface area contributed by atoms with Crippen LogP contribution in [0.1, 0.15) is 70.5 Å². The van der Waals surface area contributed by atoms with Gasteiger partial charge in [0.05, 0.1) is 6.10 Å². The van der Waals surface area contributed by atoms with E-state index in [9.17, 15) is 5.11 Å². The molecule has 2 rings (SSSR count). The molecule has 0 spiro atoms. The maximum Gasteiger partial charge on any atom is 0.0693 e. The van der Waals surface area contributed by atoms with Gasteiger partial charge in [0.1, 0.15) is 0 Å². The van der Waals surface area contributed by atoms with Crippen LogP contribution in [0.25, 0.3) is 0 Å². The summed E-state index contributed by atoms with van der Waals surface area (Å²) < 4.78 is 0. The third-order valence-electron chi connectivity index (χ3n) is 4.47. The van der Waals surface area contributed by atoms with Gasteiger partial charge in [0.2, 0.25) is 0 Å². The molecule has 0 aliphatic heterocycles. The lowest BCUT2D eigenvalue weighted by molar-refractivity contribution is 0.0860. The minimum Gasteiger partial charge on any atom is -0.392 e. The lowest BCUT2D eigenvalue weighted by atomic mass is 9.86. The van der Waals surface area contributed by atoms with Gasteiger partial charge in [0.15, 0.2) is 0 Å². The van der Waals surface area contributed by atoms with Crippen LogP contribution in [0.4, 0.5) is 0 Å².